The van der Waals surface area contributed by atoms with E-state index in [1.807, 2.05) is 103 Å². The van der Waals surface area contributed by atoms with Crippen molar-refractivity contribution in [2.75, 3.05) is 7.11 Å². The molecule has 0 spiro atoms. The average Bonchev–Trinajstić information content (AvgIpc) is 2.93. The maximum Gasteiger partial charge on any atom is 0.328 e. The van der Waals surface area contributed by atoms with Crippen molar-refractivity contribution in [3.63, 3.8) is 0 Å². The standard InChI is InChI=1S/C31H28ClNO3/c1-36-30(35)28(21-23-17-19-27(32)20-18-23)33-29(34)22-31(24-11-5-2-6-12-24,25-13-7-3-8-14-25)26-15-9-4-10-16-26/h2-20,28H,21-22H2,1H3,(H,33,34)/t28-/m0/s1. The van der Waals surface area contributed by atoms with Crippen LogP contribution >= 0.6 is 11.6 Å². The van der Waals surface area contributed by atoms with E-state index in [1.165, 1.54) is 7.11 Å². The third-order valence-electron chi connectivity index (χ3n) is 6.40. The lowest BCUT2D eigenvalue weighted by atomic mass is 9.67. The molecule has 4 nitrogen and oxygen atoms in total. The van der Waals surface area contributed by atoms with Gasteiger partial charge in [0.05, 0.1) is 12.5 Å². The second kappa shape index (κ2) is 11.7. The second-order valence-corrected chi connectivity index (χ2v) is 9.09. The van der Waals surface area contributed by atoms with Crippen LogP contribution in [0.15, 0.2) is 115 Å². The van der Waals surface area contributed by atoms with Crippen LogP contribution in [0.2, 0.25) is 5.02 Å². The number of amides is 1. The number of methoxy groups -OCH3 is 1. The number of rotatable bonds is 9. The lowest BCUT2D eigenvalue weighted by Crippen LogP contribution is -2.46. The first-order valence-electron chi connectivity index (χ1n) is 11.8. The predicted molar refractivity (Wildman–Crippen MR) is 143 cm³/mol. The van der Waals surface area contributed by atoms with Crippen LogP contribution < -0.4 is 5.32 Å². The fraction of sp³-hybridized carbons (Fsp3) is 0.161. The minimum absolute atomic E-state index is 0.110. The summed E-state index contributed by atoms with van der Waals surface area (Å²) in [6, 6.07) is 36.4. The van der Waals surface area contributed by atoms with Crippen molar-refractivity contribution in [3.8, 4) is 0 Å². The van der Waals surface area contributed by atoms with E-state index < -0.39 is 17.4 Å². The highest BCUT2D eigenvalue weighted by atomic mass is 35.5. The van der Waals surface area contributed by atoms with Gasteiger partial charge in [0.25, 0.3) is 0 Å². The smallest absolute Gasteiger partial charge is 0.328 e. The van der Waals surface area contributed by atoms with Gasteiger partial charge in [-0.2, -0.15) is 0 Å². The quantitative estimate of drug-likeness (QED) is 0.229. The Balaban J connectivity index is 1.73. The van der Waals surface area contributed by atoms with Gasteiger partial charge in [0, 0.05) is 17.9 Å². The molecule has 0 bridgehead atoms. The summed E-state index contributed by atoms with van der Waals surface area (Å²) in [6.07, 6.45) is 0.406. The Morgan fingerprint density at radius 1 is 0.750 bits per heavy atom. The number of halogens is 1. The van der Waals surface area contributed by atoms with Gasteiger partial charge in [-0.05, 0) is 34.4 Å². The van der Waals surface area contributed by atoms with E-state index in [2.05, 4.69) is 5.32 Å². The van der Waals surface area contributed by atoms with Gasteiger partial charge < -0.3 is 10.1 Å². The largest absolute Gasteiger partial charge is 0.467 e. The molecule has 4 aromatic rings. The van der Waals surface area contributed by atoms with E-state index in [1.54, 1.807) is 12.1 Å². The van der Waals surface area contributed by atoms with Crippen LogP contribution in [0.1, 0.15) is 28.7 Å². The monoisotopic (exact) mass is 497 g/mol. The van der Waals surface area contributed by atoms with E-state index in [9.17, 15) is 9.59 Å². The zero-order chi connectivity index (χ0) is 25.4. The van der Waals surface area contributed by atoms with E-state index in [-0.39, 0.29) is 12.3 Å². The highest BCUT2D eigenvalue weighted by Gasteiger charge is 2.39. The number of hydrogen-bond donors (Lipinski definition) is 1. The zero-order valence-corrected chi connectivity index (χ0v) is 20.8. The molecule has 0 radical (unpaired) electrons. The van der Waals surface area contributed by atoms with Crippen molar-refractivity contribution >= 4 is 23.5 Å². The Morgan fingerprint density at radius 3 is 1.61 bits per heavy atom. The molecule has 0 aliphatic rings. The minimum atomic E-state index is -0.830. The number of ether oxygens (including phenoxy) is 1. The van der Waals surface area contributed by atoms with Crippen LogP contribution in [-0.4, -0.2) is 25.0 Å². The maximum atomic E-state index is 13.7. The summed E-state index contributed by atoms with van der Waals surface area (Å²) in [4.78, 5) is 26.3. The van der Waals surface area contributed by atoms with E-state index in [0.29, 0.717) is 11.4 Å². The van der Waals surface area contributed by atoms with Crippen molar-refractivity contribution in [1.82, 2.24) is 5.32 Å². The molecule has 1 amide bonds. The Labute approximate surface area is 216 Å². The first kappa shape index (κ1) is 25.2. The van der Waals surface area contributed by atoms with Gasteiger partial charge in [-0.15, -0.1) is 0 Å². The van der Waals surface area contributed by atoms with Gasteiger partial charge in [0.2, 0.25) is 5.91 Å². The average molecular weight is 498 g/mol. The van der Waals surface area contributed by atoms with Gasteiger partial charge in [0.15, 0.2) is 0 Å². The Morgan fingerprint density at radius 2 is 1.19 bits per heavy atom. The summed E-state index contributed by atoms with van der Waals surface area (Å²) in [5.74, 6) is -0.751. The van der Waals surface area contributed by atoms with Crippen LogP contribution in [-0.2, 0) is 26.2 Å². The van der Waals surface area contributed by atoms with Crippen LogP contribution in [0.5, 0.6) is 0 Å². The first-order chi connectivity index (χ1) is 17.5. The summed E-state index contributed by atoms with van der Waals surface area (Å²) in [7, 11) is 1.32. The summed E-state index contributed by atoms with van der Waals surface area (Å²) in [5, 5.41) is 3.56. The molecule has 0 saturated heterocycles. The molecule has 4 aromatic carbocycles. The normalized spacial score (nSPS) is 11.9. The molecule has 0 fully saturated rings. The zero-order valence-electron chi connectivity index (χ0n) is 20.1. The van der Waals surface area contributed by atoms with Crippen LogP contribution in [0.25, 0.3) is 0 Å². The molecule has 0 heterocycles. The number of carbonyl (C=O) groups is 2. The highest BCUT2D eigenvalue weighted by molar-refractivity contribution is 6.30. The summed E-state index contributed by atoms with van der Waals surface area (Å²) >= 11 is 6.01. The summed E-state index contributed by atoms with van der Waals surface area (Å²) < 4.78 is 5.01. The molecule has 36 heavy (non-hydrogen) atoms. The minimum Gasteiger partial charge on any atom is -0.467 e. The first-order valence-corrected chi connectivity index (χ1v) is 12.2. The lowest BCUT2D eigenvalue weighted by molar-refractivity contribution is -0.145. The van der Waals surface area contributed by atoms with Gasteiger partial charge >= 0.3 is 5.97 Å². The van der Waals surface area contributed by atoms with E-state index in [4.69, 9.17) is 16.3 Å². The molecule has 0 unspecified atom stereocenters. The van der Waals surface area contributed by atoms with Gasteiger partial charge in [-0.3, -0.25) is 4.79 Å². The van der Waals surface area contributed by atoms with Crippen LogP contribution in [0.4, 0.5) is 0 Å². The van der Waals surface area contributed by atoms with Crippen molar-refractivity contribution in [2.24, 2.45) is 0 Å². The number of hydrogen-bond acceptors (Lipinski definition) is 3. The Hall–Kier alpha value is -3.89. The van der Waals surface area contributed by atoms with Gasteiger partial charge in [-0.1, -0.05) is 115 Å². The third kappa shape index (κ3) is 5.67. The lowest BCUT2D eigenvalue weighted by Gasteiger charge is -2.36. The fourth-order valence-corrected chi connectivity index (χ4v) is 4.78. The third-order valence-corrected chi connectivity index (χ3v) is 6.65. The maximum absolute atomic E-state index is 13.7. The topological polar surface area (TPSA) is 55.4 Å². The molecule has 0 saturated carbocycles. The molecule has 182 valence electrons. The molecule has 4 rings (SSSR count). The van der Waals surface area contributed by atoms with Crippen molar-refractivity contribution in [1.29, 1.82) is 0 Å². The van der Waals surface area contributed by atoms with Crippen molar-refractivity contribution < 1.29 is 14.3 Å². The fourth-order valence-electron chi connectivity index (χ4n) is 4.65. The number of benzene rings is 4. The molecule has 0 aliphatic carbocycles. The molecule has 1 N–H and O–H groups in total. The number of nitrogens with one attached hydrogen (secondary N) is 1. The van der Waals surface area contributed by atoms with Gasteiger partial charge in [-0.25, -0.2) is 4.79 Å². The van der Waals surface area contributed by atoms with Crippen molar-refractivity contribution in [3.05, 3.63) is 143 Å². The second-order valence-electron chi connectivity index (χ2n) is 8.65. The SMILES string of the molecule is COC(=O)[C@H](Cc1ccc(Cl)cc1)NC(=O)CC(c1ccccc1)(c1ccccc1)c1ccccc1. The van der Waals surface area contributed by atoms with Crippen LogP contribution in [0, 0.1) is 0 Å². The van der Waals surface area contributed by atoms with E-state index >= 15 is 0 Å². The number of carbonyl (C=O) groups excluding carboxylic acids is 2. The number of esters is 1. The highest BCUT2D eigenvalue weighted by Crippen LogP contribution is 2.42. The molecule has 0 aromatic heterocycles. The predicted octanol–water partition coefficient (Wildman–Crippen LogP) is 5.97. The molecular weight excluding hydrogens is 470 g/mol. The molecule has 0 aliphatic heterocycles. The Kier molecular flexibility index (Phi) is 8.19. The Bertz CT molecular complexity index is 1180. The molecule has 1 atom stereocenters. The summed E-state index contributed by atoms with van der Waals surface area (Å²) in [6.45, 7) is 0. The van der Waals surface area contributed by atoms with E-state index in [0.717, 1.165) is 22.3 Å². The molecular formula is C31H28ClNO3. The van der Waals surface area contributed by atoms with Crippen LogP contribution in [0.3, 0.4) is 0 Å². The van der Waals surface area contributed by atoms with Gasteiger partial charge in [0.1, 0.15) is 6.04 Å². The van der Waals surface area contributed by atoms with Crippen molar-refractivity contribution in [2.45, 2.75) is 24.3 Å². The summed E-state index contributed by atoms with van der Waals surface area (Å²) in [5.41, 5.74) is 3.09. The molecule has 5 heteroatoms.